The number of pyridine rings is 1. The van der Waals surface area contributed by atoms with Crippen LogP contribution in [0, 0.1) is 5.82 Å². The predicted molar refractivity (Wildman–Crippen MR) is 112 cm³/mol. The van der Waals surface area contributed by atoms with Crippen molar-refractivity contribution in [1.29, 1.82) is 0 Å². The summed E-state index contributed by atoms with van der Waals surface area (Å²) >= 11 is 1.02. The van der Waals surface area contributed by atoms with Crippen molar-refractivity contribution in [2.45, 2.75) is 25.3 Å². The van der Waals surface area contributed by atoms with Gasteiger partial charge in [0.1, 0.15) is 18.5 Å². The minimum Gasteiger partial charge on any atom is -0.411 e. The molecule has 1 saturated heterocycles. The number of likely N-dealkylation sites (tertiary alicyclic amines) is 1. The van der Waals surface area contributed by atoms with Gasteiger partial charge in [0.2, 0.25) is 5.91 Å². The molecule has 4 rings (SSSR count). The summed E-state index contributed by atoms with van der Waals surface area (Å²) in [7, 11) is 0. The number of aromatic nitrogens is 1. The van der Waals surface area contributed by atoms with Crippen LogP contribution in [0.4, 0.5) is 22.0 Å². The molecule has 1 fully saturated rings. The van der Waals surface area contributed by atoms with E-state index in [9.17, 15) is 31.5 Å². The summed E-state index contributed by atoms with van der Waals surface area (Å²) in [5.41, 5.74) is -1.82. The molecule has 3 aromatic rings. The zero-order chi connectivity index (χ0) is 23.9. The molecule has 1 N–H and O–H groups in total. The van der Waals surface area contributed by atoms with Crippen LogP contribution < -0.4 is 5.56 Å². The lowest BCUT2D eigenvalue weighted by Gasteiger charge is -2.16. The molecule has 0 bridgehead atoms. The Morgan fingerprint density at radius 3 is 2.73 bits per heavy atom. The molecule has 1 amide bonds. The van der Waals surface area contributed by atoms with E-state index in [1.165, 1.54) is 16.5 Å². The first kappa shape index (κ1) is 22.9. The third kappa shape index (κ3) is 4.34. The number of nitrogens with zero attached hydrogens (tertiary/aromatic N) is 3. The van der Waals surface area contributed by atoms with Crippen LogP contribution in [0.5, 0.6) is 0 Å². The zero-order valence-electron chi connectivity index (χ0n) is 16.8. The fraction of sp³-hybridized carbons (Fsp3) is 0.286. The Labute approximate surface area is 187 Å². The number of alkyl halides is 4. The molecule has 33 heavy (non-hydrogen) atoms. The molecule has 0 aliphatic carbocycles. The monoisotopic (exact) mass is 485 g/mol. The minimum atomic E-state index is -4.93. The van der Waals surface area contributed by atoms with Gasteiger partial charge < -0.3 is 14.7 Å². The second kappa shape index (κ2) is 8.58. The Bertz CT molecular complexity index is 1310. The lowest BCUT2D eigenvalue weighted by molar-refractivity contribution is -0.140. The first-order chi connectivity index (χ1) is 15.6. The zero-order valence-corrected chi connectivity index (χ0v) is 17.6. The maximum Gasteiger partial charge on any atom is 0.419 e. The van der Waals surface area contributed by atoms with E-state index in [2.05, 4.69) is 5.16 Å². The maximum atomic E-state index is 13.8. The van der Waals surface area contributed by atoms with E-state index in [1.807, 2.05) is 0 Å². The predicted octanol–water partition coefficient (Wildman–Crippen LogP) is 4.27. The molecule has 1 unspecified atom stereocenters. The van der Waals surface area contributed by atoms with E-state index >= 15 is 0 Å². The van der Waals surface area contributed by atoms with Gasteiger partial charge in [-0.25, -0.2) is 8.78 Å². The molecular formula is C21H16F5N3O3S. The number of carbonyl (C=O) groups is 1. The average molecular weight is 485 g/mol. The smallest absolute Gasteiger partial charge is 0.411 e. The van der Waals surface area contributed by atoms with Crippen molar-refractivity contribution in [2.24, 2.45) is 5.16 Å². The normalized spacial score (nSPS) is 16.9. The first-order valence-electron chi connectivity index (χ1n) is 9.71. The van der Waals surface area contributed by atoms with E-state index in [-0.39, 0.29) is 41.6 Å². The number of amides is 1. The molecule has 1 atom stereocenters. The molecule has 0 radical (unpaired) electrons. The van der Waals surface area contributed by atoms with Crippen molar-refractivity contribution in [1.82, 2.24) is 9.47 Å². The fourth-order valence-corrected chi connectivity index (χ4v) is 4.84. The van der Waals surface area contributed by atoms with E-state index in [0.717, 1.165) is 28.2 Å². The van der Waals surface area contributed by atoms with Crippen LogP contribution in [0.25, 0.3) is 21.2 Å². The molecule has 1 aliphatic rings. The number of hydrogen-bond donors (Lipinski definition) is 1. The molecule has 6 nitrogen and oxygen atoms in total. The third-order valence-electron chi connectivity index (χ3n) is 5.39. The van der Waals surface area contributed by atoms with Gasteiger partial charge in [0, 0.05) is 29.2 Å². The summed E-state index contributed by atoms with van der Waals surface area (Å²) in [5, 5.41) is 13.4. The van der Waals surface area contributed by atoms with Crippen LogP contribution in [0.3, 0.4) is 0 Å². The second-order valence-corrected chi connectivity index (χ2v) is 8.41. The van der Waals surface area contributed by atoms with Gasteiger partial charge in [-0.05, 0) is 24.1 Å². The molecule has 0 saturated carbocycles. The van der Waals surface area contributed by atoms with Gasteiger partial charge in [0.15, 0.2) is 0 Å². The number of carbonyl (C=O) groups excluding carboxylic acids is 1. The number of benzene rings is 1. The van der Waals surface area contributed by atoms with Crippen molar-refractivity contribution in [3.05, 3.63) is 57.1 Å². The molecule has 2 aromatic heterocycles. The van der Waals surface area contributed by atoms with Crippen LogP contribution in [-0.4, -0.2) is 46.1 Å². The molecule has 1 aliphatic heterocycles. The highest BCUT2D eigenvalue weighted by molar-refractivity contribution is 7.18. The molecule has 1 aromatic carbocycles. The standard InChI is InChI=1S/C21H16F5N3O3S/c22-13-3-4-28(8-13)17(30)9-29-7-12(6-27-32)19-18(20(29)31)14(10-33-19)11-1-2-16(23)15(5-11)21(24,25)26/h1-2,5-7,10,13,32H,3-4,8-9H2. The molecule has 3 heterocycles. The van der Waals surface area contributed by atoms with E-state index in [1.54, 1.807) is 0 Å². The van der Waals surface area contributed by atoms with Crippen LogP contribution in [0.2, 0.25) is 0 Å². The Hall–Kier alpha value is -3.28. The van der Waals surface area contributed by atoms with Gasteiger partial charge in [-0.2, -0.15) is 13.2 Å². The van der Waals surface area contributed by atoms with Gasteiger partial charge in [0.25, 0.3) is 5.56 Å². The summed E-state index contributed by atoms with van der Waals surface area (Å²) in [4.78, 5) is 27.1. The highest BCUT2D eigenvalue weighted by atomic mass is 32.1. The molecular weight excluding hydrogens is 469 g/mol. The van der Waals surface area contributed by atoms with Crippen molar-refractivity contribution in [3.8, 4) is 11.1 Å². The second-order valence-electron chi connectivity index (χ2n) is 7.53. The lowest BCUT2D eigenvalue weighted by Crippen LogP contribution is -2.35. The summed E-state index contributed by atoms with van der Waals surface area (Å²) in [6.07, 6.45) is -3.56. The lowest BCUT2D eigenvalue weighted by atomic mass is 10.0. The highest BCUT2D eigenvalue weighted by Gasteiger charge is 2.34. The van der Waals surface area contributed by atoms with E-state index in [4.69, 9.17) is 5.21 Å². The topological polar surface area (TPSA) is 74.9 Å². The maximum absolute atomic E-state index is 13.8. The third-order valence-corrected chi connectivity index (χ3v) is 6.42. The quantitative estimate of drug-likeness (QED) is 0.260. The van der Waals surface area contributed by atoms with E-state index < -0.39 is 41.7 Å². The SMILES string of the molecule is O=C(Cn1cc(C=NO)c2scc(-c3ccc(F)c(C(F)(F)F)c3)c2c1=O)N1CCC(F)C1. The Morgan fingerprint density at radius 1 is 1.33 bits per heavy atom. The van der Waals surface area contributed by atoms with Crippen molar-refractivity contribution >= 4 is 33.5 Å². The highest BCUT2D eigenvalue weighted by Crippen LogP contribution is 2.38. The van der Waals surface area contributed by atoms with Crippen LogP contribution in [0.1, 0.15) is 17.5 Å². The molecule has 12 heteroatoms. The van der Waals surface area contributed by atoms with Crippen LogP contribution >= 0.6 is 11.3 Å². The number of fused-ring (bicyclic) bond motifs is 1. The summed E-state index contributed by atoms with van der Waals surface area (Å²) in [5.74, 6) is -1.94. The number of rotatable bonds is 4. The average Bonchev–Trinajstić information content (AvgIpc) is 3.38. The molecule has 0 spiro atoms. The van der Waals surface area contributed by atoms with Crippen LogP contribution in [0.15, 0.2) is 39.7 Å². The Balaban J connectivity index is 1.85. The number of thiophene rings is 1. The van der Waals surface area contributed by atoms with Gasteiger partial charge in [-0.15, -0.1) is 11.3 Å². The first-order valence-corrected chi connectivity index (χ1v) is 10.6. The largest absolute Gasteiger partial charge is 0.419 e. The van der Waals surface area contributed by atoms with Gasteiger partial charge in [0.05, 0.1) is 28.4 Å². The van der Waals surface area contributed by atoms with Crippen molar-refractivity contribution in [2.75, 3.05) is 13.1 Å². The van der Waals surface area contributed by atoms with Crippen molar-refractivity contribution < 1.29 is 32.0 Å². The molecule has 174 valence electrons. The summed E-state index contributed by atoms with van der Waals surface area (Å²) in [6.45, 7) is -0.304. The van der Waals surface area contributed by atoms with Gasteiger partial charge >= 0.3 is 6.18 Å². The van der Waals surface area contributed by atoms with Gasteiger partial charge in [-0.3, -0.25) is 9.59 Å². The number of hydrogen-bond acceptors (Lipinski definition) is 5. The van der Waals surface area contributed by atoms with Gasteiger partial charge in [-0.1, -0.05) is 11.2 Å². The summed E-state index contributed by atoms with van der Waals surface area (Å²) < 4.78 is 68.1. The number of halogens is 5. The Morgan fingerprint density at radius 2 is 2.09 bits per heavy atom. The van der Waals surface area contributed by atoms with Crippen LogP contribution in [-0.2, 0) is 17.5 Å². The number of oxime groups is 1. The van der Waals surface area contributed by atoms with E-state index in [0.29, 0.717) is 16.8 Å². The fourth-order valence-electron chi connectivity index (χ4n) is 3.80. The Kier molecular flexibility index (Phi) is 5.95. The summed E-state index contributed by atoms with van der Waals surface area (Å²) in [6, 6.07) is 2.41. The minimum absolute atomic E-state index is 0.00489. The van der Waals surface area contributed by atoms with Crippen molar-refractivity contribution in [3.63, 3.8) is 0 Å².